The second-order valence-electron chi connectivity index (χ2n) is 7.50. The van der Waals surface area contributed by atoms with Gasteiger partial charge in [0, 0.05) is 22.4 Å². The van der Waals surface area contributed by atoms with Crippen LogP contribution < -0.4 is 11.1 Å². The molecule has 1 aliphatic rings. The highest BCUT2D eigenvalue weighted by Gasteiger charge is 2.23. The van der Waals surface area contributed by atoms with Crippen molar-refractivity contribution in [1.29, 1.82) is 0 Å². The van der Waals surface area contributed by atoms with Crippen molar-refractivity contribution in [2.75, 3.05) is 11.1 Å². The molecular weight excluding hydrogens is 388 g/mol. The number of fused-ring (bicyclic) bond motifs is 3. The summed E-state index contributed by atoms with van der Waals surface area (Å²) < 4.78 is 0. The van der Waals surface area contributed by atoms with E-state index in [0.29, 0.717) is 23.5 Å². The Morgan fingerprint density at radius 3 is 2.45 bits per heavy atom. The maximum Gasteiger partial charge on any atom is 0.256 e. The maximum atomic E-state index is 12.8. The Kier molecular flexibility index (Phi) is 4.59. The summed E-state index contributed by atoms with van der Waals surface area (Å²) in [6.45, 7) is 0. The molecule has 0 saturated carbocycles. The van der Waals surface area contributed by atoms with Crippen molar-refractivity contribution in [3.05, 3.63) is 89.6 Å². The van der Waals surface area contributed by atoms with Gasteiger partial charge in [-0.1, -0.05) is 24.3 Å². The van der Waals surface area contributed by atoms with E-state index in [1.807, 2.05) is 36.4 Å². The van der Waals surface area contributed by atoms with Crippen molar-refractivity contribution in [2.45, 2.75) is 12.8 Å². The first-order valence-electron chi connectivity index (χ1n) is 10.0. The van der Waals surface area contributed by atoms with Crippen LogP contribution in [-0.2, 0) is 12.8 Å². The summed E-state index contributed by atoms with van der Waals surface area (Å²) in [5, 5.41) is 12.6. The Labute approximate surface area is 179 Å². The minimum absolute atomic E-state index is 0.158. The molecule has 31 heavy (non-hydrogen) atoms. The standard InChI is InChI=1S/C25H20N4O2/c26-18-9-12-20-17(14-18)8-13-21-23(20)28-22(15-6-10-19(30)11-7-15)24(27-21)29-25(31)16-4-2-1-3-5-16/h1-7,9-12,14,30H,8,13,26H2,(H,27,29,31). The number of aromatic hydroxyl groups is 1. The molecule has 152 valence electrons. The number of amides is 1. The van der Waals surface area contributed by atoms with Crippen LogP contribution in [0.3, 0.4) is 0 Å². The lowest BCUT2D eigenvalue weighted by Gasteiger charge is -2.21. The molecule has 0 unspecified atom stereocenters. The molecule has 0 atom stereocenters. The highest BCUT2D eigenvalue weighted by atomic mass is 16.3. The molecule has 0 radical (unpaired) electrons. The van der Waals surface area contributed by atoms with Crippen LogP contribution in [0.25, 0.3) is 22.5 Å². The van der Waals surface area contributed by atoms with Crippen molar-refractivity contribution >= 4 is 17.4 Å². The van der Waals surface area contributed by atoms with Crippen LogP contribution in [0.5, 0.6) is 5.75 Å². The van der Waals surface area contributed by atoms with Gasteiger partial charge in [0.2, 0.25) is 0 Å². The molecule has 3 aromatic carbocycles. The number of aromatic nitrogens is 2. The summed E-state index contributed by atoms with van der Waals surface area (Å²) >= 11 is 0. The van der Waals surface area contributed by atoms with Gasteiger partial charge >= 0.3 is 0 Å². The zero-order valence-electron chi connectivity index (χ0n) is 16.7. The maximum absolute atomic E-state index is 12.8. The predicted molar refractivity (Wildman–Crippen MR) is 121 cm³/mol. The number of benzene rings is 3. The summed E-state index contributed by atoms with van der Waals surface area (Å²) in [5.41, 5.74) is 12.3. The summed E-state index contributed by atoms with van der Waals surface area (Å²) in [6, 6.07) is 21.5. The van der Waals surface area contributed by atoms with E-state index >= 15 is 0 Å². The average molecular weight is 408 g/mol. The van der Waals surface area contributed by atoms with Gasteiger partial charge < -0.3 is 16.2 Å². The van der Waals surface area contributed by atoms with Gasteiger partial charge in [-0.05, 0) is 66.9 Å². The number of carbonyl (C=O) groups is 1. The second-order valence-corrected chi connectivity index (χ2v) is 7.50. The van der Waals surface area contributed by atoms with E-state index in [2.05, 4.69) is 5.32 Å². The number of phenols is 1. The third-order valence-electron chi connectivity index (χ3n) is 5.39. The quantitative estimate of drug-likeness (QED) is 0.435. The fourth-order valence-corrected chi connectivity index (χ4v) is 3.84. The Morgan fingerprint density at radius 2 is 1.68 bits per heavy atom. The molecule has 0 aliphatic heterocycles. The third-order valence-corrected chi connectivity index (χ3v) is 5.39. The van der Waals surface area contributed by atoms with Gasteiger partial charge in [-0.25, -0.2) is 9.97 Å². The first kappa shape index (κ1) is 18.8. The van der Waals surface area contributed by atoms with Crippen LogP contribution in [0, 0.1) is 0 Å². The van der Waals surface area contributed by atoms with E-state index in [-0.39, 0.29) is 11.7 Å². The highest BCUT2D eigenvalue weighted by Crippen LogP contribution is 2.36. The van der Waals surface area contributed by atoms with Crippen LogP contribution in [0.1, 0.15) is 21.6 Å². The number of nitrogens with one attached hydrogen (secondary N) is 1. The summed E-state index contributed by atoms with van der Waals surface area (Å²) in [5.74, 6) is 0.307. The number of nitrogens with two attached hydrogens (primary N) is 1. The van der Waals surface area contributed by atoms with Gasteiger partial charge in [0.15, 0.2) is 5.82 Å². The first-order valence-corrected chi connectivity index (χ1v) is 10.0. The molecule has 0 bridgehead atoms. The van der Waals surface area contributed by atoms with Gasteiger partial charge in [0.1, 0.15) is 11.4 Å². The average Bonchev–Trinajstić information content (AvgIpc) is 2.79. The van der Waals surface area contributed by atoms with Crippen molar-refractivity contribution < 1.29 is 9.90 Å². The number of carbonyl (C=O) groups excluding carboxylic acids is 1. The predicted octanol–water partition coefficient (Wildman–Crippen LogP) is 4.45. The van der Waals surface area contributed by atoms with E-state index in [4.69, 9.17) is 15.7 Å². The molecule has 1 aromatic heterocycles. The summed E-state index contributed by atoms with van der Waals surface area (Å²) in [6.07, 6.45) is 1.52. The molecular formula is C25H20N4O2. The normalized spacial score (nSPS) is 12.0. The molecule has 5 rings (SSSR count). The largest absolute Gasteiger partial charge is 0.508 e. The Bertz CT molecular complexity index is 1290. The number of hydrogen-bond acceptors (Lipinski definition) is 5. The zero-order chi connectivity index (χ0) is 21.4. The SMILES string of the molecule is Nc1ccc2c(c1)CCc1nc(NC(=O)c3ccccc3)c(-c3ccc(O)cc3)nc1-2. The minimum Gasteiger partial charge on any atom is -0.508 e. The smallest absolute Gasteiger partial charge is 0.256 e. The number of rotatable bonds is 3. The first-order chi connectivity index (χ1) is 15.1. The fourth-order valence-electron chi connectivity index (χ4n) is 3.84. The van der Waals surface area contributed by atoms with Crippen LogP contribution in [0.2, 0.25) is 0 Å². The van der Waals surface area contributed by atoms with Gasteiger partial charge in [0.05, 0.1) is 11.4 Å². The molecule has 1 aliphatic carbocycles. The van der Waals surface area contributed by atoms with E-state index in [1.165, 1.54) is 0 Å². The van der Waals surface area contributed by atoms with Crippen molar-refractivity contribution in [3.8, 4) is 28.3 Å². The molecule has 4 N–H and O–H groups in total. The zero-order valence-corrected chi connectivity index (χ0v) is 16.7. The van der Waals surface area contributed by atoms with E-state index in [1.54, 1.807) is 36.4 Å². The van der Waals surface area contributed by atoms with Crippen molar-refractivity contribution in [1.82, 2.24) is 9.97 Å². The monoisotopic (exact) mass is 408 g/mol. The van der Waals surface area contributed by atoms with E-state index < -0.39 is 0 Å². The number of nitrogen functional groups attached to an aromatic ring is 1. The number of nitrogens with zero attached hydrogens (tertiary/aromatic N) is 2. The van der Waals surface area contributed by atoms with Crippen LogP contribution in [0.15, 0.2) is 72.8 Å². The third kappa shape index (κ3) is 3.59. The minimum atomic E-state index is -0.251. The summed E-state index contributed by atoms with van der Waals surface area (Å²) in [4.78, 5) is 22.6. The van der Waals surface area contributed by atoms with Gasteiger partial charge in [0.25, 0.3) is 5.91 Å². The number of anilines is 2. The number of aryl methyl sites for hydroxylation is 2. The van der Waals surface area contributed by atoms with Crippen LogP contribution in [0.4, 0.5) is 11.5 Å². The molecule has 0 fully saturated rings. The number of hydrogen-bond donors (Lipinski definition) is 3. The van der Waals surface area contributed by atoms with Crippen LogP contribution in [-0.4, -0.2) is 21.0 Å². The molecule has 0 saturated heterocycles. The Balaban J connectivity index is 1.64. The topological polar surface area (TPSA) is 101 Å². The van der Waals surface area contributed by atoms with E-state index in [0.717, 1.165) is 40.2 Å². The van der Waals surface area contributed by atoms with E-state index in [9.17, 15) is 9.90 Å². The Morgan fingerprint density at radius 1 is 0.903 bits per heavy atom. The van der Waals surface area contributed by atoms with Crippen molar-refractivity contribution in [2.24, 2.45) is 0 Å². The van der Waals surface area contributed by atoms with Crippen molar-refractivity contribution in [3.63, 3.8) is 0 Å². The number of phenolic OH excluding ortho intramolecular Hbond substituents is 1. The molecule has 1 heterocycles. The lowest BCUT2D eigenvalue weighted by Crippen LogP contribution is -2.17. The molecule has 0 spiro atoms. The van der Waals surface area contributed by atoms with Gasteiger partial charge in [-0.3, -0.25) is 4.79 Å². The summed E-state index contributed by atoms with van der Waals surface area (Å²) in [7, 11) is 0. The molecule has 6 heteroatoms. The fraction of sp³-hybridized carbons (Fsp3) is 0.0800. The Hall–Kier alpha value is -4.19. The molecule has 1 amide bonds. The molecule has 4 aromatic rings. The van der Waals surface area contributed by atoms with Gasteiger partial charge in [-0.2, -0.15) is 0 Å². The lowest BCUT2D eigenvalue weighted by molar-refractivity contribution is 0.102. The van der Waals surface area contributed by atoms with Crippen LogP contribution >= 0.6 is 0 Å². The highest BCUT2D eigenvalue weighted by molar-refractivity contribution is 6.05. The lowest BCUT2D eigenvalue weighted by atomic mass is 9.91. The van der Waals surface area contributed by atoms with Gasteiger partial charge in [-0.15, -0.1) is 0 Å². The molecule has 6 nitrogen and oxygen atoms in total. The second kappa shape index (κ2) is 7.57.